The van der Waals surface area contributed by atoms with Crippen LogP contribution in [0.5, 0.6) is 5.75 Å². The second-order valence-corrected chi connectivity index (χ2v) is 5.13. The summed E-state index contributed by atoms with van der Waals surface area (Å²) in [5, 5.41) is 10.2. The number of hydrogen-bond donors (Lipinski definition) is 1. The number of phenols is 1. The molecule has 1 heteroatoms. The van der Waals surface area contributed by atoms with E-state index >= 15 is 0 Å². The van der Waals surface area contributed by atoms with Crippen molar-refractivity contribution in [1.29, 1.82) is 0 Å². The van der Waals surface area contributed by atoms with Crippen LogP contribution in [0, 0.1) is 0 Å². The summed E-state index contributed by atoms with van der Waals surface area (Å²) in [4.78, 5) is 0. The monoisotopic (exact) mass is 262 g/mol. The molecule has 2 aromatic carbocycles. The third-order valence-corrected chi connectivity index (χ3v) is 3.96. The molecule has 0 spiro atoms. The summed E-state index contributed by atoms with van der Waals surface area (Å²) < 4.78 is 0. The molecule has 1 aliphatic carbocycles. The zero-order chi connectivity index (χ0) is 14.1. The number of rotatable bonds is 2. The summed E-state index contributed by atoms with van der Waals surface area (Å²) >= 11 is 0. The van der Waals surface area contributed by atoms with Crippen LogP contribution < -0.4 is 0 Å². The van der Waals surface area contributed by atoms with E-state index in [-0.39, 0.29) is 0 Å². The molecule has 0 heterocycles. The smallest absolute Gasteiger partial charge is 0.123 e. The molecule has 0 aromatic heterocycles. The lowest BCUT2D eigenvalue weighted by Gasteiger charge is -2.06. The third-order valence-electron chi connectivity index (χ3n) is 3.96. The van der Waals surface area contributed by atoms with Crippen LogP contribution in [0.15, 0.2) is 54.1 Å². The van der Waals surface area contributed by atoms with E-state index in [0.717, 1.165) is 17.5 Å². The van der Waals surface area contributed by atoms with E-state index in [1.165, 1.54) is 22.3 Å². The zero-order valence-corrected chi connectivity index (χ0v) is 11.9. The van der Waals surface area contributed by atoms with Gasteiger partial charge < -0.3 is 5.11 Å². The van der Waals surface area contributed by atoms with E-state index in [2.05, 4.69) is 38.1 Å². The van der Waals surface area contributed by atoms with Crippen LogP contribution in [0.4, 0.5) is 0 Å². The summed E-state index contributed by atoms with van der Waals surface area (Å²) in [5.41, 5.74) is 7.08. The van der Waals surface area contributed by atoms with Crippen LogP contribution in [0.3, 0.4) is 0 Å². The molecule has 100 valence electrons. The first-order valence-corrected chi connectivity index (χ1v) is 7.02. The lowest BCUT2D eigenvalue weighted by molar-refractivity contribution is 0.473. The summed E-state index contributed by atoms with van der Waals surface area (Å²) in [7, 11) is 0. The molecule has 20 heavy (non-hydrogen) atoms. The van der Waals surface area contributed by atoms with Gasteiger partial charge in [-0.2, -0.15) is 0 Å². The Balaban J connectivity index is 2.22. The van der Waals surface area contributed by atoms with Crippen LogP contribution in [-0.2, 0) is 0 Å². The van der Waals surface area contributed by atoms with E-state index in [0.29, 0.717) is 5.75 Å². The first kappa shape index (κ1) is 12.7. The average molecular weight is 262 g/mol. The molecule has 0 saturated carbocycles. The minimum absolute atomic E-state index is 0.384. The Morgan fingerprint density at radius 3 is 2.45 bits per heavy atom. The fourth-order valence-corrected chi connectivity index (χ4v) is 2.98. The van der Waals surface area contributed by atoms with E-state index < -0.39 is 0 Å². The largest absolute Gasteiger partial charge is 0.507 e. The molecule has 0 atom stereocenters. The summed E-state index contributed by atoms with van der Waals surface area (Å²) in [5.74, 6) is 0.384. The fourth-order valence-electron chi connectivity index (χ4n) is 2.98. The Hall–Kier alpha value is -2.28. The molecular weight excluding hydrogens is 244 g/mol. The second kappa shape index (κ2) is 5.01. The van der Waals surface area contributed by atoms with E-state index in [9.17, 15) is 5.11 Å². The number of allylic oxidation sites excluding steroid dienone is 3. The van der Waals surface area contributed by atoms with Gasteiger partial charge in [0.25, 0.3) is 0 Å². The molecule has 0 aliphatic heterocycles. The molecule has 0 bridgehead atoms. The maximum atomic E-state index is 10.2. The Labute approximate surface area is 119 Å². The predicted molar refractivity (Wildman–Crippen MR) is 85.3 cm³/mol. The lowest BCUT2D eigenvalue weighted by atomic mass is 10.0. The molecule has 2 aromatic rings. The van der Waals surface area contributed by atoms with Crippen molar-refractivity contribution in [3.05, 3.63) is 70.8 Å². The predicted octanol–water partition coefficient (Wildman–Crippen LogP) is 5.13. The minimum Gasteiger partial charge on any atom is -0.507 e. The first-order chi connectivity index (χ1) is 9.72. The van der Waals surface area contributed by atoms with Gasteiger partial charge in [-0.3, -0.25) is 0 Å². The number of hydrogen-bond acceptors (Lipinski definition) is 1. The van der Waals surface area contributed by atoms with Crippen LogP contribution >= 0.6 is 0 Å². The minimum atomic E-state index is 0.384. The average Bonchev–Trinajstić information content (AvgIpc) is 2.74. The van der Waals surface area contributed by atoms with Gasteiger partial charge >= 0.3 is 0 Å². The molecular formula is C19H18O. The Bertz CT molecular complexity index is 706. The van der Waals surface area contributed by atoms with Crippen molar-refractivity contribution in [2.75, 3.05) is 0 Å². The van der Waals surface area contributed by atoms with Crippen molar-refractivity contribution in [3.8, 4) is 5.75 Å². The standard InChI is InChI=1S/C19H18O/c1-3-15-13(2)17(12-14-8-5-4-6-9-14)16-10-7-11-18(20)19(15)16/h4-12,20H,3H2,1-2H3/b17-12-. The van der Waals surface area contributed by atoms with Crippen molar-refractivity contribution in [2.24, 2.45) is 0 Å². The molecule has 1 nitrogen and oxygen atoms in total. The van der Waals surface area contributed by atoms with Crippen molar-refractivity contribution >= 4 is 17.2 Å². The number of phenolic OH excluding ortho intramolecular Hbond substituents is 1. The highest BCUT2D eigenvalue weighted by molar-refractivity contribution is 6.06. The summed E-state index contributed by atoms with van der Waals surface area (Å²) in [6.07, 6.45) is 3.14. The van der Waals surface area contributed by atoms with Crippen molar-refractivity contribution in [1.82, 2.24) is 0 Å². The van der Waals surface area contributed by atoms with Gasteiger partial charge in [0.05, 0.1) is 0 Å². The van der Waals surface area contributed by atoms with Gasteiger partial charge in [0.1, 0.15) is 5.75 Å². The first-order valence-electron chi connectivity index (χ1n) is 7.02. The molecule has 0 saturated heterocycles. The molecule has 0 radical (unpaired) electrons. The van der Waals surface area contributed by atoms with Crippen molar-refractivity contribution < 1.29 is 5.11 Å². The number of aromatic hydroxyl groups is 1. The van der Waals surface area contributed by atoms with Crippen LogP contribution in [0.25, 0.3) is 17.2 Å². The lowest BCUT2D eigenvalue weighted by Crippen LogP contribution is -1.84. The maximum Gasteiger partial charge on any atom is 0.123 e. The van der Waals surface area contributed by atoms with Gasteiger partial charge in [-0.05, 0) is 53.3 Å². The van der Waals surface area contributed by atoms with Crippen LogP contribution in [0.2, 0.25) is 0 Å². The normalized spacial score (nSPS) is 15.8. The zero-order valence-electron chi connectivity index (χ0n) is 11.9. The summed E-state index contributed by atoms with van der Waals surface area (Å²) in [6.45, 7) is 4.29. The maximum absolute atomic E-state index is 10.2. The van der Waals surface area contributed by atoms with Gasteiger partial charge in [-0.25, -0.2) is 0 Å². The molecule has 0 amide bonds. The Morgan fingerprint density at radius 2 is 1.75 bits per heavy atom. The van der Waals surface area contributed by atoms with E-state index in [4.69, 9.17) is 0 Å². The summed E-state index contributed by atoms with van der Waals surface area (Å²) in [6, 6.07) is 16.1. The van der Waals surface area contributed by atoms with E-state index in [1.54, 1.807) is 6.07 Å². The number of fused-ring (bicyclic) bond motifs is 1. The molecule has 0 unspecified atom stereocenters. The van der Waals surface area contributed by atoms with Crippen LogP contribution in [0.1, 0.15) is 37.0 Å². The van der Waals surface area contributed by atoms with Gasteiger partial charge in [0.15, 0.2) is 0 Å². The number of benzene rings is 2. The van der Waals surface area contributed by atoms with Crippen molar-refractivity contribution in [3.63, 3.8) is 0 Å². The SMILES string of the molecule is CCC1=C(C)/C(=C/c2ccccc2)c2cccc(O)c21. The highest BCUT2D eigenvalue weighted by atomic mass is 16.3. The Kier molecular flexibility index (Phi) is 3.19. The molecule has 3 rings (SSSR count). The highest BCUT2D eigenvalue weighted by Crippen LogP contribution is 2.46. The molecule has 1 aliphatic rings. The van der Waals surface area contributed by atoms with Gasteiger partial charge in [0, 0.05) is 5.56 Å². The van der Waals surface area contributed by atoms with Gasteiger partial charge in [0.2, 0.25) is 0 Å². The van der Waals surface area contributed by atoms with Gasteiger partial charge in [-0.1, -0.05) is 49.4 Å². The fraction of sp³-hybridized carbons (Fsp3) is 0.158. The Morgan fingerprint density at radius 1 is 1.00 bits per heavy atom. The highest BCUT2D eigenvalue weighted by Gasteiger charge is 2.24. The van der Waals surface area contributed by atoms with Crippen molar-refractivity contribution in [2.45, 2.75) is 20.3 Å². The van der Waals surface area contributed by atoms with Crippen LogP contribution in [-0.4, -0.2) is 5.11 Å². The third kappa shape index (κ3) is 1.96. The molecule has 0 fully saturated rings. The van der Waals surface area contributed by atoms with E-state index in [1.807, 2.05) is 24.3 Å². The topological polar surface area (TPSA) is 20.2 Å². The quantitative estimate of drug-likeness (QED) is 0.795. The van der Waals surface area contributed by atoms with Gasteiger partial charge in [-0.15, -0.1) is 0 Å². The second-order valence-electron chi connectivity index (χ2n) is 5.13. The molecule has 1 N–H and O–H groups in total.